The molecule has 0 saturated heterocycles. The third-order valence-electron chi connectivity index (χ3n) is 4.74. The Balaban J connectivity index is 3.09. The lowest BCUT2D eigenvalue weighted by atomic mass is 10.0. The molecule has 0 aliphatic heterocycles. The summed E-state index contributed by atoms with van der Waals surface area (Å²) in [5.41, 5.74) is 6.01. The summed E-state index contributed by atoms with van der Waals surface area (Å²) in [5, 5.41) is 0. The molecule has 0 nitrogen and oxygen atoms in total. The van der Waals surface area contributed by atoms with Crippen molar-refractivity contribution in [1.82, 2.24) is 0 Å². The minimum absolute atomic E-state index is 0.0670. The van der Waals surface area contributed by atoms with E-state index in [1.54, 1.807) is 5.57 Å². The average molecular weight is 340 g/mol. The molecule has 1 aliphatic rings. The predicted molar refractivity (Wildman–Crippen MR) is 109 cm³/mol. The van der Waals surface area contributed by atoms with Crippen molar-refractivity contribution in [2.75, 3.05) is 6.16 Å². The number of hydrogen-bond donors (Lipinski definition) is 0. The van der Waals surface area contributed by atoms with Gasteiger partial charge in [-0.05, 0) is 41.6 Å². The Morgan fingerprint density at radius 3 is 1.77 bits per heavy atom. The van der Waals surface area contributed by atoms with Crippen molar-refractivity contribution < 1.29 is 0 Å². The van der Waals surface area contributed by atoms with E-state index in [1.165, 1.54) is 19.0 Å². The molecule has 0 fully saturated rings. The van der Waals surface area contributed by atoms with Crippen molar-refractivity contribution >= 4 is 15.8 Å². The lowest BCUT2D eigenvalue weighted by Crippen LogP contribution is -2.25. The highest BCUT2D eigenvalue weighted by atomic mass is 31.1. The van der Waals surface area contributed by atoms with Crippen LogP contribution in [-0.4, -0.2) is 34.5 Å². The Morgan fingerprint density at radius 2 is 1.41 bits per heavy atom. The molecule has 0 saturated carbocycles. The maximum atomic E-state index is 2.46. The van der Waals surface area contributed by atoms with Crippen LogP contribution >= 0.6 is 15.8 Å². The van der Waals surface area contributed by atoms with Crippen molar-refractivity contribution in [2.45, 2.75) is 96.5 Å². The molecular weight excluding hydrogens is 302 g/mol. The van der Waals surface area contributed by atoms with Gasteiger partial charge in [-0.2, -0.15) is 0 Å². The average Bonchev–Trinajstić information content (AvgIpc) is 2.42. The molecule has 0 amide bonds. The maximum absolute atomic E-state index is 2.46. The van der Waals surface area contributed by atoms with Gasteiger partial charge in [0.1, 0.15) is 0 Å². The first-order valence-corrected chi connectivity index (χ1v) is 12.4. The largest absolute Gasteiger partial charge is 0.100 e. The van der Waals surface area contributed by atoms with Crippen molar-refractivity contribution in [3.05, 3.63) is 23.8 Å². The molecule has 0 radical (unpaired) electrons. The third kappa shape index (κ3) is 5.76. The van der Waals surface area contributed by atoms with E-state index >= 15 is 0 Å². The van der Waals surface area contributed by atoms with E-state index < -0.39 is 0 Å². The fourth-order valence-corrected chi connectivity index (χ4v) is 11.1. The summed E-state index contributed by atoms with van der Waals surface area (Å²) < 4.78 is 0. The highest BCUT2D eigenvalue weighted by Crippen LogP contribution is 2.59. The summed E-state index contributed by atoms with van der Waals surface area (Å²) in [7, 11) is 0.193. The first-order chi connectivity index (χ1) is 10.3. The fraction of sp³-hybridized carbons (Fsp3) is 0.800. The summed E-state index contributed by atoms with van der Waals surface area (Å²) in [6.45, 7) is 19.7. The van der Waals surface area contributed by atoms with Crippen LogP contribution in [0.1, 0.15) is 68.2 Å². The Labute approximate surface area is 142 Å². The Kier molecular flexibility index (Phi) is 8.89. The summed E-state index contributed by atoms with van der Waals surface area (Å²) >= 11 is 0. The van der Waals surface area contributed by atoms with E-state index in [0.717, 1.165) is 28.3 Å². The molecule has 0 aromatic carbocycles. The lowest BCUT2D eigenvalue weighted by molar-refractivity contribution is 0.867. The zero-order chi connectivity index (χ0) is 16.9. The van der Waals surface area contributed by atoms with Crippen LogP contribution in [0.4, 0.5) is 0 Å². The van der Waals surface area contributed by atoms with Crippen LogP contribution in [0.3, 0.4) is 0 Å². The van der Waals surface area contributed by atoms with Gasteiger partial charge in [0.25, 0.3) is 0 Å². The van der Waals surface area contributed by atoms with Gasteiger partial charge in [0, 0.05) is 5.66 Å². The summed E-state index contributed by atoms with van der Waals surface area (Å²) in [5.74, 6) is 0. The second-order valence-electron chi connectivity index (χ2n) is 7.74. The van der Waals surface area contributed by atoms with Crippen LogP contribution in [0.2, 0.25) is 0 Å². The van der Waals surface area contributed by atoms with Crippen molar-refractivity contribution in [1.29, 1.82) is 0 Å². The van der Waals surface area contributed by atoms with Crippen LogP contribution in [0.25, 0.3) is 0 Å². The van der Waals surface area contributed by atoms with Gasteiger partial charge in [0.05, 0.1) is 0 Å². The molecule has 2 heteroatoms. The molecule has 0 aromatic rings. The van der Waals surface area contributed by atoms with Gasteiger partial charge in [-0.15, -0.1) is 7.92 Å². The predicted octanol–water partition coefficient (Wildman–Crippen LogP) is 7.23. The molecule has 0 N–H and O–H groups in total. The van der Waals surface area contributed by atoms with Gasteiger partial charge in [-0.1, -0.05) is 87.1 Å². The fourth-order valence-electron chi connectivity index (χ4n) is 3.84. The second kappa shape index (κ2) is 9.59. The van der Waals surface area contributed by atoms with Crippen LogP contribution in [-0.2, 0) is 0 Å². The minimum Gasteiger partial charge on any atom is -0.100 e. The van der Waals surface area contributed by atoms with E-state index in [1.807, 2.05) is 0 Å². The van der Waals surface area contributed by atoms with Gasteiger partial charge in [-0.25, -0.2) is 0 Å². The molecule has 128 valence electrons. The van der Waals surface area contributed by atoms with Crippen LogP contribution < -0.4 is 0 Å². The zero-order valence-electron chi connectivity index (χ0n) is 16.1. The molecular formula is C20H38P2. The van der Waals surface area contributed by atoms with Gasteiger partial charge < -0.3 is 0 Å². The quantitative estimate of drug-likeness (QED) is 0.409. The second-order valence-corrected chi connectivity index (χ2v) is 14.8. The van der Waals surface area contributed by atoms with Crippen molar-refractivity contribution in [2.24, 2.45) is 0 Å². The number of rotatable bonds is 8. The number of hydrogen-bond acceptors (Lipinski definition) is 0. The van der Waals surface area contributed by atoms with Gasteiger partial charge >= 0.3 is 0 Å². The summed E-state index contributed by atoms with van der Waals surface area (Å²) in [4.78, 5) is 0. The van der Waals surface area contributed by atoms with Crippen molar-refractivity contribution in [3.63, 3.8) is 0 Å². The van der Waals surface area contributed by atoms with Crippen LogP contribution in [0.15, 0.2) is 23.8 Å². The number of allylic oxidation sites excluding steroid dienone is 4. The highest BCUT2D eigenvalue weighted by Gasteiger charge is 2.32. The van der Waals surface area contributed by atoms with Crippen molar-refractivity contribution in [3.8, 4) is 0 Å². The molecule has 0 spiro atoms. The first-order valence-electron chi connectivity index (χ1n) is 9.14. The lowest BCUT2D eigenvalue weighted by Gasteiger charge is -2.40. The molecule has 22 heavy (non-hydrogen) atoms. The van der Waals surface area contributed by atoms with Gasteiger partial charge in [-0.3, -0.25) is 0 Å². The zero-order valence-corrected chi connectivity index (χ0v) is 17.9. The highest BCUT2D eigenvalue weighted by molar-refractivity contribution is 7.63. The Hall–Kier alpha value is 0.340. The van der Waals surface area contributed by atoms with E-state index in [-0.39, 0.29) is 15.8 Å². The monoisotopic (exact) mass is 340 g/mol. The van der Waals surface area contributed by atoms with E-state index in [2.05, 4.69) is 73.6 Å². The Morgan fingerprint density at radius 1 is 0.864 bits per heavy atom. The molecule has 1 atom stereocenters. The molecule has 0 aromatic heterocycles. The summed E-state index contributed by atoms with van der Waals surface area (Å²) in [6, 6.07) is 0. The molecule has 0 heterocycles. The molecule has 1 aliphatic carbocycles. The standard InChI is InChI=1S/C20H38P2/c1-15(2)21(16(3)4)14-20(19-12-10-9-11-13-19)22(17(5)6)18(7)8/h9-10,12,15-18,20H,11,13-14H2,1-8H3. The molecule has 1 rings (SSSR count). The van der Waals surface area contributed by atoms with Crippen LogP contribution in [0, 0.1) is 0 Å². The van der Waals surface area contributed by atoms with E-state index in [4.69, 9.17) is 0 Å². The van der Waals surface area contributed by atoms with E-state index in [0.29, 0.717) is 0 Å². The summed E-state index contributed by atoms with van der Waals surface area (Å²) in [6.07, 6.45) is 11.1. The third-order valence-corrected chi connectivity index (χ3v) is 12.1. The first kappa shape index (κ1) is 20.4. The maximum Gasteiger partial charge on any atom is 0.00478 e. The molecule has 0 bridgehead atoms. The van der Waals surface area contributed by atoms with Gasteiger partial charge in [0.2, 0.25) is 0 Å². The van der Waals surface area contributed by atoms with Gasteiger partial charge in [0.15, 0.2) is 0 Å². The smallest absolute Gasteiger partial charge is 0.00478 e. The normalized spacial score (nSPS) is 17.5. The topological polar surface area (TPSA) is 0 Å². The SMILES string of the molecule is CC(C)P(CC(C1=CC=CCC1)P(C(C)C)C(C)C)C(C)C. The minimum atomic E-state index is 0.0670. The molecule has 1 unspecified atom stereocenters. The Bertz CT molecular complexity index is 361. The van der Waals surface area contributed by atoms with Crippen LogP contribution in [0.5, 0.6) is 0 Å². The van der Waals surface area contributed by atoms with E-state index in [9.17, 15) is 0 Å².